The van der Waals surface area contributed by atoms with Crippen LogP contribution < -0.4 is 10.5 Å². The lowest BCUT2D eigenvalue weighted by Gasteiger charge is -2.50. The summed E-state index contributed by atoms with van der Waals surface area (Å²) in [4.78, 5) is 40.9. The number of likely N-dealkylation sites (N-methyl/N-ethyl adjacent to an activating group) is 1. The molecular formula is C29H30N2O8. The highest BCUT2D eigenvalue weighted by Crippen LogP contribution is 2.53. The van der Waals surface area contributed by atoms with E-state index < -0.39 is 58.0 Å². The molecule has 0 saturated carbocycles. The molecular weight excluding hydrogens is 504 g/mol. The Morgan fingerprint density at radius 3 is 2.44 bits per heavy atom. The molecule has 10 nitrogen and oxygen atoms in total. The van der Waals surface area contributed by atoms with Crippen molar-refractivity contribution in [2.45, 2.75) is 31.4 Å². The van der Waals surface area contributed by atoms with Gasteiger partial charge >= 0.3 is 0 Å². The van der Waals surface area contributed by atoms with Crippen LogP contribution in [0, 0.1) is 11.8 Å². The summed E-state index contributed by atoms with van der Waals surface area (Å²) in [6, 6.07) is 9.36. The Kier molecular flexibility index (Phi) is 6.27. The quantitative estimate of drug-likeness (QED) is 0.361. The number of para-hydroxylation sites is 1. The van der Waals surface area contributed by atoms with Gasteiger partial charge in [0.2, 0.25) is 5.78 Å². The van der Waals surface area contributed by atoms with Crippen molar-refractivity contribution in [2.24, 2.45) is 17.6 Å². The molecule has 5 rings (SSSR count). The first-order valence-electron chi connectivity index (χ1n) is 12.7. The molecule has 3 aliphatic carbocycles. The first-order valence-corrected chi connectivity index (χ1v) is 12.7. The van der Waals surface area contributed by atoms with Gasteiger partial charge in [0.25, 0.3) is 5.91 Å². The van der Waals surface area contributed by atoms with Gasteiger partial charge in [0.1, 0.15) is 28.6 Å². The number of aliphatic hydroxyl groups excluding tert-OH is 2. The number of amides is 1. The topological polar surface area (TPSA) is 171 Å². The maximum Gasteiger partial charge on any atom is 0.255 e. The highest BCUT2D eigenvalue weighted by molar-refractivity contribution is 6.24. The fourth-order valence-electron chi connectivity index (χ4n) is 6.47. The van der Waals surface area contributed by atoms with Crippen LogP contribution in [-0.2, 0) is 16.0 Å². The Labute approximate surface area is 224 Å². The van der Waals surface area contributed by atoms with Crippen LogP contribution in [0.5, 0.6) is 11.5 Å². The van der Waals surface area contributed by atoms with Crippen LogP contribution >= 0.6 is 0 Å². The molecule has 204 valence electrons. The van der Waals surface area contributed by atoms with Gasteiger partial charge in [-0.1, -0.05) is 24.3 Å². The number of phenols is 1. The van der Waals surface area contributed by atoms with Gasteiger partial charge in [-0.3, -0.25) is 19.3 Å². The number of carbonyl (C=O) groups excluding carboxylic acids is 3. The van der Waals surface area contributed by atoms with Crippen molar-refractivity contribution < 1.29 is 39.5 Å². The third-order valence-electron chi connectivity index (χ3n) is 8.08. The minimum Gasteiger partial charge on any atom is -0.510 e. The number of ketones is 2. The largest absolute Gasteiger partial charge is 0.510 e. The summed E-state index contributed by atoms with van der Waals surface area (Å²) < 4.78 is 5.80. The molecule has 0 aliphatic heterocycles. The summed E-state index contributed by atoms with van der Waals surface area (Å²) in [5.41, 5.74) is 3.57. The lowest BCUT2D eigenvalue weighted by atomic mass is 9.58. The number of hydrogen-bond acceptors (Lipinski definition) is 9. The Hall–Kier alpha value is -4.15. The van der Waals surface area contributed by atoms with Crippen LogP contribution in [0.15, 0.2) is 59.1 Å². The van der Waals surface area contributed by atoms with E-state index in [1.807, 2.05) is 25.1 Å². The number of allylic oxidation sites excluding steroid dienone is 1. The number of carbonyl (C=O) groups is 3. The van der Waals surface area contributed by atoms with E-state index in [4.69, 9.17) is 10.5 Å². The first-order chi connectivity index (χ1) is 18.4. The molecule has 0 heterocycles. The summed E-state index contributed by atoms with van der Waals surface area (Å²) in [7, 11) is 3.18. The van der Waals surface area contributed by atoms with Gasteiger partial charge in [-0.05, 0) is 63.0 Å². The van der Waals surface area contributed by atoms with E-state index in [1.54, 1.807) is 26.2 Å². The lowest BCUT2D eigenvalue weighted by molar-refractivity contribution is -0.148. The van der Waals surface area contributed by atoms with Gasteiger partial charge in [0.15, 0.2) is 11.4 Å². The molecule has 4 atom stereocenters. The zero-order chi connectivity index (χ0) is 28.4. The first kappa shape index (κ1) is 26.5. The molecule has 0 unspecified atom stereocenters. The van der Waals surface area contributed by atoms with Crippen molar-refractivity contribution in [1.29, 1.82) is 0 Å². The number of ether oxygens (including phenoxy) is 1. The molecule has 0 aromatic heterocycles. The molecule has 0 spiro atoms. The Bertz CT molecular complexity index is 1490. The monoisotopic (exact) mass is 534 g/mol. The third-order valence-corrected chi connectivity index (χ3v) is 8.08. The van der Waals surface area contributed by atoms with Gasteiger partial charge in [0, 0.05) is 17.1 Å². The van der Waals surface area contributed by atoms with E-state index in [0.29, 0.717) is 23.5 Å². The Morgan fingerprint density at radius 2 is 1.79 bits per heavy atom. The van der Waals surface area contributed by atoms with Crippen LogP contribution in [0.25, 0.3) is 11.1 Å². The number of benzene rings is 2. The summed E-state index contributed by atoms with van der Waals surface area (Å²) in [5, 5.41) is 44.8. The normalized spacial score (nSPS) is 26.3. The number of primary amides is 1. The second-order valence-electron chi connectivity index (χ2n) is 10.4. The van der Waals surface area contributed by atoms with Crippen molar-refractivity contribution in [3.8, 4) is 22.6 Å². The van der Waals surface area contributed by atoms with Crippen LogP contribution in [0.2, 0.25) is 0 Å². The molecule has 0 saturated heterocycles. The number of rotatable bonds is 5. The number of aromatic hydroxyl groups is 1. The maximum atomic E-state index is 13.9. The van der Waals surface area contributed by atoms with Gasteiger partial charge in [-0.15, -0.1) is 0 Å². The van der Waals surface area contributed by atoms with E-state index in [-0.39, 0.29) is 29.7 Å². The molecule has 2 aromatic rings. The fourth-order valence-corrected chi connectivity index (χ4v) is 6.47. The van der Waals surface area contributed by atoms with Crippen molar-refractivity contribution in [3.63, 3.8) is 0 Å². The van der Waals surface area contributed by atoms with Crippen LogP contribution in [-0.4, -0.2) is 75.1 Å². The molecule has 10 heteroatoms. The lowest BCUT2D eigenvalue weighted by Crippen LogP contribution is -2.63. The van der Waals surface area contributed by atoms with Gasteiger partial charge in [0.05, 0.1) is 18.2 Å². The van der Waals surface area contributed by atoms with Crippen LogP contribution in [0.4, 0.5) is 0 Å². The number of hydrogen-bond donors (Lipinski definition) is 5. The molecule has 1 amide bonds. The number of nitrogens with zero attached hydrogens (tertiary/aromatic N) is 1. The predicted molar refractivity (Wildman–Crippen MR) is 140 cm³/mol. The van der Waals surface area contributed by atoms with Crippen molar-refractivity contribution in [2.75, 3.05) is 20.7 Å². The Balaban J connectivity index is 1.72. The highest BCUT2D eigenvalue weighted by Gasteiger charge is 2.63. The summed E-state index contributed by atoms with van der Waals surface area (Å²) >= 11 is 0. The van der Waals surface area contributed by atoms with Crippen LogP contribution in [0.1, 0.15) is 29.3 Å². The zero-order valence-corrected chi connectivity index (χ0v) is 21.8. The summed E-state index contributed by atoms with van der Waals surface area (Å²) in [5.74, 6) is -6.19. The third kappa shape index (κ3) is 3.66. The Morgan fingerprint density at radius 1 is 1.10 bits per heavy atom. The van der Waals surface area contributed by atoms with E-state index in [2.05, 4.69) is 0 Å². The SMILES string of the molecule is CCOc1ccccc1-c1ccc(O)c2c1C[C@H]1C[C@H]3[C@@H](N(C)C)C(O)=C(C(N)=O)C(=O)[C@@]3(O)C(O)=C1C2=O. The molecule has 0 fully saturated rings. The van der Waals surface area contributed by atoms with Crippen molar-refractivity contribution >= 4 is 17.5 Å². The van der Waals surface area contributed by atoms with Gasteiger partial charge in [-0.25, -0.2) is 0 Å². The number of nitrogens with two attached hydrogens (primary N) is 1. The molecule has 2 aromatic carbocycles. The fraction of sp³-hybridized carbons (Fsp3) is 0.345. The van der Waals surface area contributed by atoms with Gasteiger partial charge in [-0.2, -0.15) is 0 Å². The minimum absolute atomic E-state index is 0.0218. The smallest absolute Gasteiger partial charge is 0.255 e. The van der Waals surface area contributed by atoms with E-state index in [1.165, 1.54) is 11.0 Å². The summed E-state index contributed by atoms with van der Waals surface area (Å²) in [6.07, 6.45) is 0.215. The van der Waals surface area contributed by atoms with E-state index in [0.717, 1.165) is 5.56 Å². The van der Waals surface area contributed by atoms with Crippen molar-refractivity contribution in [3.05, 3.63) is 70.2 Å². The maximum absolute atomic E-state index is 13.9. The molecule has 3 aliphatic rings. The summed E-state index contributed by atoms with van der Waals surface area (Å²) in [6.45, 7) is 2.28. The van der Waals surface area contributed by atoms with Gasteiger partial charge < -0.3 is 30.9 Å². The number of fused-ring (bicyclic) bond motifs is 3. The van der Waals surface area contributed by atoms with E-state index in [9.17, 15) is 34.8 Å². The highest BCUT2D eigenvalue weighted by atomic mass is 16.5. The standard InChI is InChI=1S/C29H30N2O8/c1-4-39-19-8-6-5-7-15(19)14-9-10-18(32)21-16(14)11-13-12-17-23(31(2)3)25(34)22(28(30)37)27(36)29(17,38)26(35)20(13)24(21)33/h5-10,13,17,23,32,34-35,38H,4,11-12H2,1-3H3,(H2,30,37)/t13-,17-,23+,29-/m0/s1. The average Bonchev–Trinajstić information content (AvgIpc) is 2.87. The zero-order valence-electron chi connectivity index (χ0n) is 21.8. The second kappa shape index (κ2) is 9.25. The second-order valence-corrected chi connectivity index (χ2v) is 10.4. The number of Topliss-reactive ketones (excluding diaryl/α,β-unsaturated/α-hetero) is 2. The molecule has 6 N–H and O–H groups in total. The molecule has 39 heavy (non-hydrogen) atoms. The molecule has 0 bridgehead atoms. The molecule has 0 radical (unpaired) electrons. The van der Waals surface area contributed by atoms with Crippen LogP contribution in [0.3, 0.4) is 0 Å². The number of aliphatic hydroxyl groups is 3. The predicted octanol–water partition coefficient (Wildman–Crippen LogP) is 2.19. The minimum atomic E-state index is -2.67. The number of phenolic OH excluding ortho intramolecular Hbond substituents is 1. The van der Waals surface area contributed by atoms with Crippen molar-refractivity contribution in [1.82, 2.24) is 4.90 Å². The average molecular weight is 535 g/mol. The van der Waals surface area contributed by atoms with E-state index >= 15 is 0 Å².